The molecule has 0 unspecified atom stereocenters. The number of piperazine rings is 1. The molecule has 1 saturated heterocycles. The number of nitrogens with one attached hydrogen (secondary N) is 1. The van der Waals surface area contributed by atoms with Crippen LogP contribution in [0.1, 0.15) is 22.1 Å². The van der Waals surface area contributed by atoms with Crippen LogP contribution in [0, 0.1) is 6.92 Å². The summed E-state index contributed by atoms with van der Waals surface area (Å²) >= 11 is 0. The van der Waals surface area contributed by atoms with Gasteiger partial charge in [0.05, 0.1) is 12.1 Å². The van der Waals surface area contributed by atoms with Crippen LogP contribution < -0.4 is 16.0 Å². The summed E-state index contributed by atoms with van der Waals surface area (Å²) < 4.78 is 4.86. The van der Waals surface area contributed by atoms with E-state index in [0.717, 1.165) is 0 Å². The molecule has 2 aromatic rings. The lowest BCUT2D eigenvalue weighted by molar-refractivity contribution is 0.1000. The minimum atomic E-state index is -0.515. The third-order valence-electron chi connectivity index (χ3n) is 3.89. The number of carbonyl (C=O) groups is 2. The van der Waals surface area contributed by atoms with E-state index < -0.39 is 5.91 Å². The number of carbonyl (C=O) groups excluding carboxylic acids is 2. The smallest absolute Gasteiger partial charge is 0.317 e. The zero-order chi connectivity index (χ0) is 17.8. The minimum Gasteiger partial charge on any atom is -0.365 e. The topological polar surface area (TPSA) is 130 Å². The highest BCUT2D eigenvalue weighted by atomic mass is 16.5. The molecule has 10 nitrogen and oxygen atoms in total. The maximum absolute atomic E-state index is 12.2. The number of amides is 3. The Labute approximate surface area is 144 Å². The molecule has 1 fully saturated rings. The SMILES string of the molecule is Cc1nc(CNC(=O)N2CCN(c3ncccc3C(N)=O)CC2)no1. The molecular weight excluding hydrogens is 326 g/mol. The van der Waals surface area contributed by atoms with Crippen molar-refractivity contribution in [1.82, 2.24) is 25.3 Å². The first-order valence-corrected chi connectivity index (χ1v) is 7.86. The lowest BCUT2D eigenvalue weighted by Crippen LogP contribution is -2.52. The van der Waals surface area contributed by atoms with Crippen molar-refractivity contribution in [3.05, 3.63) is 35.6 Å². The van der Waals surface area contributed by atoms with Crippen LogP contribution >= 0.6 is 0 Å². The summed E-state index contributed by atoms with van der Waals surface area (Å²) in [6, 6.07) is 3.13. The van der Waals surface area contributed by atoms with Gasteiger partial charge in [0.2, 0.25) is 5.89 Å². The highest BCUT2D eigenvalue weighted by molar-refractivity contribution is 5.97. The number of hydrogen-bond acceptors (Lipinski definition) is 7. The second-order valence-corrected chi connectivity index (χ2v) is 5.60. The molecule has 0 radical (unpaired) electrons. The summed E-state index contributed by atoms with van der Waals surface area (Å²) in [4.78, 5) is 35.7. The molecule has 25 heavy (non-hydrogen) atoms. The quantitative estimate of drug-likeness (QED) is 0.791. The molecule has 0 aromatic carbocycles. The Morgan fingerprint density at radius 3 is 2.72 bits per heavy atom. The molecule has 3 heterocycles. The van der Waals surface area contributed by atoms with Crippen LogP contribution in [0.5, 0.6) is 0 Å². The van der Waals surface area contributed by atoms with Crippen molar-refractivity contribution in [1.29, 1.82) is 0 Å². The summed E-state index contributed by atoms with van der Waals surface area (Å²) in [5.41, 5.74) is 5.78. The fourth-order valence-corrected chi connectivity index (χ4v) is 2.64. The van der Waals surface area contributed by atoms with E-state index in [1.807, 2.05) is 4.90 Å². The molecule has 132 valence electrons. The molecule has 3 rings (SSSR count). The van der Waals surface area contributed by atoms with E-state index in [4.69, 9.17) is 10.3 Å². The third kappa shape index (κ3) is 3.84. The molecule has 3 amide bonds. The van der Waals surface area contributed by atoms with Gasteiger partial charge in [-0.05, 0) is 12.1 Å². The average Bonchev–Trinajstić information content (AvgIpc) is 3.05. The Kier molecular flexibility index (Phi) is 4.78. The standard InChI is InChI=1S/C15H19N7O3/c1-10-19-12(20-25-10)9-18-15(24)22-7-5-21(6-8-22)14-11(13(16)23)3-2-4-17-14/h2-4H,5-9H2,1H3,(H2,16,23)(H,18,24). The van der Waals surface area contributed by atoms with Gasteiger partial charge in [-0.25, -0.2) is 9.78 Å². The van der Waals surface area contributed by atoms with Crippen molar-refractivity contribution < 1.29 is 14.1 Å². The number of anilines is 1. The largest absolute Gasteiger partial charge is 0.365 e. The molecule has 0 aliphatic carbocycles. The van der Waals surface area contributed by atoms with E-state index in [1.54, 1.807) is 30.2 Å². The van der Waals surface area contributed by atoms with E-state index in [1.165, 1.54) is 0 Å². The predicted octanol–water partition coefficient (Wildman–Crippen LogP) is -0.0963. The molecule has 2 aromatic heterocycles. The van der Waals surface area contributed by atoms with Crippen LogP contribution in [-0.2, 0) is 6.54 Å². The Bertz CT molecular complexity index is 768. The second kappa shape index (κ2) is 7.16. The number of urea groups is 1. The van der Waals surface area contributed by atoms with Crippen LogP contribution in [0.3, 0.4) is 0 Å². The fourth-order valence-electron chi connectivity index (χ4n) is 2.64. The van der Waals surface area contributed by atoms with E-state index in [2.05, 4.69) is 20.4 Å². The van der Waals surface area contributed by atoms with Gasteiger partial charge in [0.15, 0.2) is 5.82 Å². The van der Waals surface area contributed by atoms with Crippen molar-refractivity contribution in [3.8, 4) is 0 Å². The van der Waals surface area contributed by atoms with Gasteiger partial charge in [-0.15, -0.1) is 0 Å². The summed E-state index contributed by atoms with van der Waals surface area (Å²) in [7, 11) is 0. The highest BCUT2D eigenvalue weighted by Crippen LogP contribution is 2.18. The number of aromatic nitrogens is 3. The number of pyridine rings is 1. The maximum Gasteiger partial charge on any atom is 0.317 e. The summed E-state index contributed by atoms with van der Waals surface area (Å²) in [5, 5.41) is 6.49. The molecule has 0 spiro atoms. The second-order valence-electron chi connectivity index (χ2n) is 5.60. The number of hydrogen-bond donors (Lipinski definition) is 2. The molecular formula is C15H19N7O3. The number of nitrogens with zero attached hydrogens (tertiary/aromatic N) is 5. The first kappa shape index (κ1) is 16.7. The molecule has 0 bridgehead atoms. The number of nitrogens with two attached hydrogens (primary N) is 1. The molecule has 10 heteroatoms. The van der Waals surface area contributed by atoms with E-state index in [9.17, 15) is 9.59 Å². The van der Waals surface area contributed by atoms with Gasteiger partial charge in [-0.1, -0.05) is 5.16 Å². The van der Waals surface area contributed by atoms with Crippen LogP contribution in [-0.4, -0.2) is 58.1 Å². The Balaban J connectivity index is 1.55. The van der Waals surface area contributed by atoms with Gasteiger partial charge in [0.25, 0.3) is 5.91 Å². The van der Waals surface area contributed by atoms with Crippen molar-refractivity contribution in [2.24, 2.45) is 5.73 Å². The van der Waals surface area contributed by atoms with Crippen LogP contribution in [0.4, 0.5) is 10.6 Å². The summed E-state index contributed by atoms with van der Waals surface area (Å²) in [5.74, 6) is 0.929. The lowest BCUT2D eigenvalue weighted by atomic mass is 10.2. The van der Waals surface area contributed by atoms with Gasteiger partial charge < -0.3 is 25.4 Å². The number of primary amides is 1. The van der Waals surface area contributed by atoms with Gasteiger partial charge in [0.1, 0.15) is 5.82 Å². The Morgan fingerprint density at radius 2 is 2.08 bits per heavy atom. The van der Waals surface area contributed by atoms with Crippen molar-refractivity contribution in [3.63, 3.8) is 0 Å². The van der Waals surface area contributed by atoms with Crippen LogP contribution in [0.25, 0.3) is 0 Å². The van der Waals surface area contributed by atoms with Crippen molar-refractivity contribution in [2.75, 3.05) is 31.1 Å². The predicted molar refractivity (Wildman–Crippen MR) is 87.8 cm³/mol. The molecule has 0 saturated carbocycles. The fraction of sp³-hybridized carbons (Fsp3) is 0.400. The highest BCUT2D eigenvalue weighted by Gasteiger charge is 2.24. The van der Waals surface area contributed by atoms with Gasteiger partial charge >= 0.3 is 6.03 Å². The minimum absolute atomic E-state index is 0.196. The molecule has 0 atom stereocenters. The molecule has 1 aliphatic heterocycles. The first-order valence-electron chi connectivity index (χ1n) is 7.86. The average molecular weight is 345 g/mol. The van der Waals surface area contributed by atoms with Crippen LogP contribution in [0.2, 0.25) is 0 Å². The third-order valence-corrected chi connectivity index (χ3v) is 3.89. The van der Waals surface area contributed by atoms with Crippen molar-refractivity contribution >= 4 is 17.8 Å². The maximum atomic E-state index is 12.2. The number of aryl methyl sites for hydroxylation is 1. The van der Waals surface area contributed by atoms with Gasteiger partial charge in [-0.2, -0.15) is 4.98 Å². The summed E-state index contributed by atoms with van der Waals surface area (Å²) in [6.07, 6.45) is 1.62. The monoisotopic (exact) mass is 345 g/mol. The van der Waals surface area contributed by atoms with Gasteiger partial charge in [-0.3, -0.25) is 4.79 Å². The normalized spacial score (nSPS) is 14.4. The van der Waals surface area contributed by atoms with E-state index in [0.29, 0.717) is 49.3 Å². The Morgan fingerprint density at radius 1 is 1.32 bits per heavy atom. The van der Waals surface area contributed by atoms with Crippen LogP contribution in [0.15, 0.2) is 22.9 Å². The van der Waals surface area contributed by atoms with Gasteiger partial charge in [0, 0.05) is 39.3 Å². The van der Waals surface area contributed by atoms with E-state index in [-0.39, 0.29) is 12.6 Å². The zero-order valence-corrected chi connectivity index (χ0v) is 13.8. The molecule has 1 aliphatic rings. The molecule has 3 N–H and O–H groups in total. The Hall–Kier alpha value is -3.17. The number of rotatable bonds is 4. The van der Waals surface area contributed by atoms with E-state index >= 15 is 0 Å². The lowest BCUT2D eigenvalue weighted by Gasteiger charge is -2.35. The summed E-state index contributed by atoms with van der Waals surface area (Å²) in [6.45, 7) is 4.04. The zero-order valence-electron chi connectivity index (χ0n) is 13.8. The first-order chi connectivity index (χ1) is 12.0. The van der Waals surface area contributed by atoms with Crippen molar-refractivity contribution in [2.45, 2.75) is 13.5 Å².